The van der Waals surface area contributed by atoms with Crippen molar-refractivity contribution in [1.82, 2.24) is 0 Å². The summed E-state index contributed by atoms with van der Waals surface area (Å²) < 4.78 is 0. The van der Waals surface area contributed by atoms with Gasteiger partial charge in [-0.15, -0.1) is 5.70 Å². The lowest BCUT2D eigenvalue weighted by Crippen LogP contribution is -2.50. The minimum absolute atomic E-state index is 0.158. The standard InChI is InChI=1S/C3H12Si4/c1-2-3-7-5-4-6-7/h2-3,7H,4-6H2,1H3. The first kappa shape index (κ1) is 5.74. The maximum Gasteiger partial charge on any atom is 0.0299 e. The van der Waals surface area contributed by atoms with Crippen LogP contribution < -0.4 is 0 Å². The molecule has 0 unspecified atom stereocenters. The van der Waals surface area contributed by atoms with Gasteiger partial charge >= 0.3 is 0 Å². The fourth-order valence-corrected chi connectivity index (χ4v) is 43.3. The molecular weight excluding hydrogens is 148 g/mol. The molecule has 0 amide bonds. The second kappa shape index (κ2) is 2.80. The van der Waals surface area contributed by atoms with Gasteiger partial charge in [-0.3, -0.25) is 0 Å². The predicted molar refractivity (Wildman–Crippen MR) is 47.6 cm³/mol. The molecule has 40 valence electrons. The average Bonchev–Trinajstić information content (AvgIpc) is 1.55. The zero-order chi connectivity index (χ0) is 5.11. The average molecular weight is 160 g/mol. The normalized spacial score (nSPS) is 41.0. The molecule has 0 radical (unpaired) electrons. The van der Waals surface area contributed by atoms with E-state index < -0.39 is 0 Å². The Morgan fingerprint density at radius 2 is 2.14 bits per heavy atom. The van der Waals surface area contributed by atoms with Gasteiger partial charge in [0.05, 0.1) is 0 Å². The van der Waals surface area contributed by atoms with Crippen LogP contribution in [0.25, 0.3) is 0 Å². The highest BCUT2D eigenvalue weighted by atomic mass is 30.1. The fraction of sp³-hybridized carbons (Fsp3) is 0.333. The van der Waals surface area contributed by atoms with Gasteiger partial charge in [0.2, 0.25) is 0 Å². The molecule has 1 aliphatic rings. The number of rotatable bonds is 1. The molecule has 1 aliphatic heterocycles. The molecule has 1 fully saturated rings. The van der Waals surface area contributed by atoms with Gasteiger partial charge in [-0.2, -0.15) is 0 Å². The Labute approximate surface area is 52.6 Å². The fourth-order valence-electron chi connectivity index (χ4n) is 0.904. The summed E-state index contributed by atoms with van der Waals surface area (Å²) in [5.41, 5.74) is 2.61. The second-order valence-electron chi connectivity index (χ2n) is 2.22. The molecule has 7 heavy (non-hydrogen) atoms. The minimum atomic E-state index is 0.158. The van der Waals surface area contributed by atoms with Crippen LogP contribution in [0.3, 0.4) is 0 Å². The zero-order valence-corrected chi connectivity index (χ0v) is 10.3. The summed E-state index contributed by atoms with van der Waals surface area (Å²) in [7, 11) is 2.50. The van der Waals surface area contributed by atoms with Gasteiger partial charge in [0.25, 0.3) is 0 Å². The molecule has 0 saturated carbocycles. The maximum atomic E-state index is 2.61. The highest BCUT2D eigenvalue weighted by molar-refractivity contribution is 7.82. The van der Waals surface area contributed by atoms with Gasteiger partial charge in [0.1, 0.15) is 0 Å². The lowest BCUT2D eigenvalue weighted by Gasteiger charge is -2.16. The van der Waals surface area contributed by atoms with Crippen LogP contribution in [0.15, 0.2) is 11.8 Å². The van der Waals surface area contributed by atoms with Gasteiger partial charge in [-0.1, -0.05) is 6.08 Å². The van der Waals surface area contributed by atoms with Crippen LogP contribution >= 0.6 is 0 Å². The number of hydrogen-bond acceptors (Lipinski definition) is 0. The van der Waals surface area contributed by atoms with Crippen LogP contribution in [0, 0.1) is 0 Å². The minimum Gasteiger partial charge on any atom is -0.109 e. The van der Waals surface area contributed by atoms with Crippen LogP contribution in [0.5, 0.6) is 0 Å². The Balaban J connectivity index is 2.14. The Morgan fingerprint density at radius 1 is 1.43 bits per heavy atom. The predicted octanol–water partition coefficient (Wildman–Crippen LogP) is -2.33. The summed E-state index contributed by atoms with van der Waals surface area (Å²) in [6.45, 7) is 2.19. The summed E-state index contributed by atoms with van der Waals surface area (Å²) in [5.74, 6) is 0. The Hall–Kier alpha value is 0.608. The van der Waals surface area contributed by atoms with Crippen LogP contribution in [0.1, 0.15) is 6.92 Å². The third-order valence-electron chi connectivity index (χ3n) is 1.61. The quantitative estimate of drug-likeness (QED) is 0.378. The third-order valence-corrected chi connectivity index (χ3v) is 78.2. The van der Waals surface area contributed by atoms with Crippen molar-refractivity contribution in [2.45, 2.75) is 6.92 Å². The van der Waals surface area contributed by atoms with E-state index in [-0.39, 0.29) is 7.83 Å². The van der Waals surface area contributed by atoms with Gasteiger partial charge < -0.3 is 0 Å². The molecule has 0 bridgehead atoms. The summed E-state index contributed by atoms with van der Waals surface area (Å²) in [5, 5.41) is 0. The Morgan fingerprint density at radius 3 is 2.29 bits per heavy atom. The smallest absolute Gasteiger partial charge is 0.0299 e. The monoisotopic (exact) mass is 160 g/mol. The van der Waals surface area contributed by atoms with E-state index in [4.69, 9.17) is 0 Å². The van der Waals surface area contributed by atoms with E-state index in [1.165, 1.54) is 0 Å². The van der Waals surface area contributed by atoms with Gasteiger partial charge in [-0.25, -0.2) is 0 Å². The Kier molecular flexibility index (Phi) is 2.30. The first-order valence-electron chi connectivity index (χ1n) is 3.06. The van der Waals surface area contributed by atoms with E-state index in [0.717, 1.165) is 25.7 Å². The summed E-state index contributed by atoms with van der Waals surface area (Å²) in [4.78, 5) is 0. The van der Waals surface area contributed by atoms with Crippen molar-refractivity contribution in [1.29, 1.82) is 0 Å². The number of allylic oxidation sites excluding steroid dienone is 1. The van der Waals surface area contributed by atoms with Gasteiger partial charge in [-0.05, 0) is 32.6 Å². The molecule has 0 aromatic rings. The largest absolute Gasteiger partial charge is 0.109 e. The molecular formula is C3H12Si4. The van der Waals surface area contributed by atoms with E-state index >= 15 is 0 Å². The van der Waals surface area contributed by atoms with Crippen molar-refractivity contribution < 1.29 is 0 Å². The van der Waals surface area contributed by atoms with Crippen molar-refractivity contribution in [2.24, 2.45) is 0 Å². The van der Waals surface area contributed by atoms with Gasteiger partial charge in [0.15, 0.2) is 0 Å². The van der Waals surface area contributed by atoms with E-state index in [1.807, 2.05) is 0 Å². The number of hydrogen-bond donors (Lipinski definition) is 0. The van der Waals surface area contributed by atoms with Crippen LogP contribution in [0.4, 0.5) is 0 Å². The van der Waals surface area contributed by atoms with Crippen molar-refractivity contribution in [3.63, 3.8) is 0 Å². The SMILES string of the molecule is CC=C[SiH]1[SiH2][SiH2][SiH2]1. The first-order valence-corrected chi connectivity index (χ1v) is 18.3. The highest BCUT2D eigenvalue weighted by Gasteiger charge is 2.16. The zero-order valence-electron chi connectivity index (χ0n) is 4.85. The molecule has 0 N–H and O–H groups in total. The summed E-state index contributed by atoms with van der Waals surface area (Å²) in [6.07, 6.45) is 2.31. The third kappa shape index (κ3) is 1.52. The van der Waals surface area contributed by atoms with Crippen LogP contribution in [-0.4, -0.2) is 33.5 Å². The molecule has 4 heteroatoms. The van der Waals surface area contributed by atoms with E-state index in [0.29, 0.717) is 0 Å². The molecule has 1 rings (SSSR count). The first-order chi connectivity index (χ1) is 3.43. The van der Waals surface area contributed by atoms with Crippen molar-refractivity contribution in [3.8, 4) is 0 Å². The summed E-state index contributed by atoms with van der Waals surface area (Å²) in [6, 6.07) is 0. The molecule has 0 atom stereocenters. The lowest BCUT2D eigenvalue weighted by atomic mass is 10.8. The van der Waals surface area contributed by atoms with Crippen LogP contribution in [0.2, 0.25) is 0 Å². The van der Waals surface area contributed by atoms with E-state index in [9.17, 15) is 0 Å². The Bertz CT molecular complexity index is 75.0. The molecule has 0 aromatic carbocycles. The van der Waals surface area contributed by atoms with Gasteiger partial charge in [0, 0.05) is 7.83 Å². The molecule has 0 aliphatic carbocycles. The van der Waals surface area contributed by atoms with E-state index in [1.54, 1.807) is 0 Å². The second-order valence-corrected chi connectivity index (χ2v) is 38.1. The van der Waals surface area contributed by atoms with Crippen LogP contribution in [-0.2, 0) is 0 Å². The van der Waals surface area contributed by atoms with Crippen molar-refractivity contribution in [2.75, 3.05) is 0 Å². The topological polar surface area (TPSA) is 0 Å². The van der Waals surface area contributed by atoms with Crippen molar-refractivity contribution >= 4 is 33.5 Å². The molecule has 0 aromatic heterocycles. The molecule has 1 saturated heterocycles. The summed E-state index contributed by atoms with van der Waals surface area (Å²) >= 11 is 0. The van der Waals surface area contributed by atoms with Crippen molar-refractivity contribution in [3.05, 3.63) is 11.8 Å². The lowest BCUT2D eigenvalue weighted by molar-refractivity contribution is 1.78. The highest BCUT2D eigenvalue weighted by Crippen LogP contribution is 1.87. The molecule has 0 nitrogen and oxygen atoms in total. The van der Waals surface area contributed by atoms with E-state index in [2.05, 4.69) is 18.7 Å². The molecule has 1 heterocycles. The molecule has 0 spiro atoms. The maximum absolute atomic E-state index is 2.61.